The first-order chi connectivity index (χ1) is 12.4. The second-order valence-electron chi connectivity index (χ2n) is 5.14. The Bertz CT molecular complexity index is 852. The van der Waals surface area contributed by atoms with Gasteiger partial charge in [-0.05, 0) is 6.85 Å². The summed E-state index contributed by atoms with van der Waals surface area (Å²) in [4.78, 5) is 47.6. The topological polar surface area (TPSA) is 117 Å². The summed E-state index contributed by atoms with van der Waals surface area (Å²) in [6, 6.07) is 0.866. The van der Waals surface area contributed by atoms with Crippen LogP contribution in [0.25, 0.3) is 0 Å². The molecule has 1 aliphatic rings. The fourth-order valence-electron chi connectivity index (χ4n) is 2.29. The van der Waals surface area contributed by atoms with Gasteiger partial charge < -0.3 is 14.2 Å². The molecule has 9 nitrogen and oxygen atoms in total. The molecule has 0 radical (unpaired) electrons. The van der Waals surface area contributed by atoms with Crippen LogP contribution in [0.1, 0.15) is 31.0 Å². The Balaban J connectivity index is 2.59. The molecule has 132 valence electrons. The van der Waals surface area contributed by atoms with Crippen molar-refractivity contribution in [3.63, 3.8) is 0 Å². The number of nitrogens with one attached hydrogen (secondary N) is 1. The molecule has 0 spiro atoms. The number of carbonyl (C=O) groups is 2. The molecule has 1 aliphatic heterocycles. The first kappa shape index (κ1) is 13.9. The van der Waals surface area contributed by atoms with E-state index in [1.807, 2.05) is 4.98 Å². The Labute approximate surface area is 139 Å². The first-order valence-corrected chi connectivity index (χ1v) is 6.84. The van der Waals surface area contributed by atoms with Crippen molar-refractivity contribution in [2.75, 3.05) is 6.61 Å². The van der Waals surface area contributed by atoms with E-state index in [0.29, 0.717) is 4.57 Å². The quantitative estimate of drug-likeness (QED) is 0.584. The number of aromatic nitrogens is 2. The number of rotatable bonds is 4. The summed E-state index contributed by atoms with van der Waals surface area (Å²) in [6.45, 7) is -2.03. The van der Waals surface area contributed by atoms with Gasteiger partial charge in [-0.1, -0.05) is 0 Å². The van der Waals surface area contributed by atoms with Crippen LogP contribution in [-0.4, -0.2) is 46.0 Å². The third-order valence-corrected chi connectivity index (χ3v) is 3.26. The fraction of sp³-hybridized carbons (Fsp3) is 0.571. The van der Waals surface area contributed by atoms with Crippen molar-refractivity contribution >= 4 is 11.9 Å². The molecule has 0 bridgehead atoms. The SMILES string of the molecule is [2H][13C]([2H])([2H])[C@@]1(F)[C@H](OC(C)=O)[C@@H](COC(C)=O)O[C@H]1n1ccc(=O)[nH]c1=O. The molecule has 1 aromatic rings. The smallest absolute Gasteiger partial charge is 0.330 e. The fourth-order valence-corrected chi connectivity index (χ4v) is 2.29. The van der Waals surface area contributed by atoms with Gasteiger partial charge in [-0.2, -0.15) is 0 Å². The maximum Gasteiger partial charge on any atom is 0.330 e. The van der Waals surface area contributed by atoms with E-state index in [1.54, 1.807) is 0 Å². The molecule has 24 heavy (non-hydrogen) atoms. The molecule has 1 aromatic heterocycles. The zero-order chi connectivity index (χ0) is 20.6. The predicted molar refractivity (Wildman–Crippen MR) is 76.9 cm³/mol. The Morgan fingerprint density at radius 3 is 2.71 bits per heavy atom. The lowest BCUT2D eigenvalue weighted by molar-refractivity contribution is -0.158. The molecule has 0 unspecified atom stereocenters. The van der Waals surface area contributed by atoms with Crippen molar-refractivity contribution in [2.45, 2.75) is 44.8 Å². The summed E-state index contributed by atoms with van der Waals surface area (Å²) in [5.74, 6) is -1.76. The lowest BCUT2D eigenvalue weighted by Gasteiger charge is -2.27. The molecule has 1 fully saturated rings. The van der Waals surface area contributed by atoms with E-state index >= 15 is 4.39 Å². The number of ether oxygens (including phenoxy) is 3. The third kappa shape index (κ3) is 3.53. The molecule has 1 saturated heterocycles. The monoisotopic (exact) mass is 348 g/mol. The van der Waals surface area contributed by atoms with Crippen LogP contribution < -0.4 is 11.2 Å². The number of alkyl halides is 1. The maximum atomic E-state index is 15.9. The van der Waals surface area contributed by atoms with Gasteiger partial charge >= 0.3 is 17.6 Å². The molecule has 0 amide bonds. The van der Waals surface area contributed by atoms with E-state index in [1.165, 1.54) is 0 Å². The summed E-state index contributed by atoms with van der Waals surface area (Å²) in [5, 5.41) is 0. The Morgan fingerprint density at radius 1 is 1.46 bits per heavy atom. The number of carbonyl (C=O) groups excluding carboxylic acids is 2. The highest BCUT2D eigenvalue weighted by atomic mass is 19.1. The van der Waals surface area contributed by atoms with Gasteiger partial charge in [-0.25, -0.2) is 9.18 Å². The van der Waals surface area contributed by atoms with Gasteiger partial charge in [0.05, 0.1) is 0 Å². The zero-order valence-corrected chi connectivity index (χ0v) is 12.8. The van der Waals surface area contributed by atoms with E-state index in [9.17, 15) is 19.2 Å². The minimum absolute atomic E-state index is 0.526. The van der Waals surface area contributed by atoms with Crippen LogP contribution in [0.15, 0.2) is 21.9 Å². The van der Waals surface area contributed by atoms with Gasteiger partial charge in [-0.15, -0.1) is 0 Å². The van der Waals surface area contributed by atoms with Crippen molar-refractivity contribution < 1.29 is 32.3 Å². The summed E-state index contributed by atoms with van der Waals surface area (Å²) in [7, 11) is 0. The molecule has 0 aromatic carbocycles. The van der Waals surface area contributed by atoms with Gasteiger partial charge in [-0.3, -0.25) is 23.9 Å². The lowest BCUT2D eigenvalue weighted by atomic mass is 10.0. The molecule has 10 heteroatoms. The minimum Gasteiger partial charge on any atom is -0.463 e. The Hall–Kier alpha value is -2.49. The van der Waals surface area contributed by atoms with Gasteiger partial charge in [0.15, 0.2) is 18.0 Å². The largest absolute Gasteiger partial charge is 0.463 e. The summed E-state index contributed by atoms with van der Waals surface area (Å²) in [6.07, 6.45) is -4.75. The van der Waals surface area contributed by atoms with Gasteiger partial charge in [0.2, 0.25) is 0 Å². The highest BCUT2D eigenvalue weighted by Crippen LogP contribution is 2.42. The second-order valence-corrected chi connectivity index (χ2v) is 5.14. The zero-order valence-electron chi connectivity index (χ0n) is 15.8. The van der Waals surface area contributed by atoms with Crippen LogP contribution in [0, 0.1) is 0 Å². The summed E-state index contributed by atoms with van der Waals surface area (Å²) in [5.41, 5.74) is -5.29. The second kappa shape index (κ2) is 6.56. The number of nitrogens with zero attached hydrogens (tertiary/aromatic N) is 1. The van der Waals surface area contributed by atoms with Crippen LogP contribution in [0.3, 0.4) is 0 Å². The minimum atomic E-state index is -3.40. The summed E-state index contributed by atoms with van der Waals surface area (Å²) >= 11 is 0. The van der Waals surface area contributed by atoms with Crippen LogP contribution in [0.2, 0.25) is 0 Å². The number of esters is 2. The van der Waals surface area contributed by atoms with Gasteiger partial charge in [0.25, 0.3) is 5.56 Å². The number of halogens is 1. The average molecular weight is 348 g/mol. The van der Waals surface area contributed by atoms with Gasteiger partial charge in [0.1, 0.15) is 12.7 Å². The number of aromatic amines is 1. The van der Waals surface area contributed by atoms with Crippen LogP contribution in [0.5, 0.6) is 0 Å². The summed E-state index contributed by atoms with van der Waals surface area (Å²) < 4.78 is 54.1. The van der Waals surface area contributed by atoms with Crippen molar-refractivity contribution in [1.82, 2.24) is 9.55 Å². The first-order valence-electron chi connectivity index (χ1n) is 8.34. The van der Waals surface area contributed by atoms with Crippen molar-refractivity contribution in [3.05, 3.63) is 33.1 Å². The molecule has 1 N–H and O–H groups in total. The predicted octanol–water partition coefficient (Wildman–Crippen LogP) is -0.343. The normalized spacial score (nSPS) is 31.6. The number of H-pyrrole nitrogens is 1. The van der Waals surface area contributed by atoms with E-state index < -0.39 is 60.8 Å². The lowest BCUT2D eigenvalue weighted by Crippen LogP contribution is -2.46. The number of hydrogen-bond acceptors (Lipinski definition) is 7. The van der Waals surface area contributed by atoms with E-state index in [4.69, 9.17) is 18.3 Å². The van der Waals surface area contributed by atoms with Crippen LogP contribution >= 0.6 is 0 Å². The van der Waals surface area contributed by atoms with Crippen molar-refractivity contribution in [1.29, 1.82) is 0 Å². The van der Waals surface area contributed by atoms with Crippen LogP contribution in [0.4, 0.5) is 4.39 Å². The number of hydrogen-bond donors (Lipinski definition) is 1. The molecular weight excluding hydrogens is 328 g/mol. The molecule has 4 atom stereocenters. The molecule has 2 heterocycles. The van der Waals surface area contributed by atoms with Crippen molar-refractivity contribution in [2.24, 2.45) is 0 Å². The van der Waals surface area contributed by atoms with E-state index in [0.717, 1.165) is 26.1 Å². The van der Waals surface area contributed by atoms with E-state index in [-0.39, 0.29) is 0 Å². The Kier molecular flexibility index (Phi) is 3.80. The highest BCUT2D eigenvalue weighted by molar-refractivity contribution is 5.66. The highest BCUT2D eigenvalue weighted by Gasteiger charge is 2.58. The van der Waals surface area contributed by atoms with Crippen LogP contribution in [-0.2, 0) is 23.8 Å². The maximum absolute atomic E-state index is 15.9. The molecule has 0 aliphatic carbocycles. The Morgan fingerprint density at radius 2 is 2.17 bits per heavy atom. The average Bonchev–Trinajstić information content (AvgIpc) is 2.79. The van der Waals surface area contributed by atoms with E-state index in [2.05, 4.69) is 0 Å². The van der Waals surface area contributed by atoms with Gasteiger partial charge in [0, 0.05) is 30.2 Å². The standard InChI is InChI=1S/C14H17FN2O7/c1-7(18)22-6-9-11(23-8(2)19)14(3,15)12(24-9)17-5-4-10(20)16-13(17)21/h4-5,9,11-12H,6H2,1-3H3,(H,16,20,21)/t9-,11-,12-,14-/m1/s1/i3+1D3. The molecular formula is C14H17FN2O7. The molecule has 0 saturated carbocycles. The third-order valence-electron chi connectivity index (χ3n) is 3.26. The van der Waals surface area contributed by atoms with Crippen molar-refractivity contribution in [3.8, 4) is 0 Å². The molecule has 2 rings (SSSR count).